The Kier molecular flexibility index (Phi) is 5.61. The number of fused-ring (bicyclic) bond motifs is 9. The molecule has 1 aliphatic rings. The third kappa shape index (κ3) is 3.87. The van der Waals surface area contributed by atoms with Crippen LogP contribution in [0.5, 0.6) is 0 Å². The van der Waals surface area contributed by atoms with Crippen LogP contribution in [0, 0.1) is 0 Å². The topological polar surface area (TPSA) is 16.1 Å². The second kappa shape index (κ2) is 10.1. The first-order chi connectivity index (χ1) is 23.8. The summed E-state index contributed by atoms with van der Waals surface area (Å²) < 4.78 is 5.22. The van der Waals surface area contributed by atoms with Gasteiger partial charge in [-0.1, -0.05) is 97.1 Å². The van der Waals surface area contributed by atoms with Crippen molar-refractivity contribution in [2.45, 2.75) is 0 Å². The Hall–Kier alpha value is -5.33. The highest BCUT2D eigenvalue weighted by atomic mass is 32.1. The van der Waals surface area contributed by atoms with Crippen LogP contribution in [-0.4, -0.2) is 4.98 Å². The number of thiazole rings is 1. The molecule has 0 spiro atoms. The van der Waals surface area contributed by atoms with Crippen LogP contribution in [0.3, 0.4) is 0 Å². The van der Waals surface area contributed by atoms with E-state index in [1.165, 1.54) is 67.1 Å². The maximum atomic E-state index is 5.28. The summed E-state index contributed by atoms with van der Waals surface area (Å²) in [5.41, 5.74) is 8.19. The van der Waals surface area contributed by atoms with E-state index in [0.717, 1.165) is 33.3 Å². The second-order valence-corrected chi connectivity index (χ2v) is 15.5. The summed E-state index contributed by atoms with van der Waals surface area (Å²) >= 11 is 5.52. The van der Waals surface area contributed by atoms with Gasteiger partial charge in [-0.3, -0.25) is 0 Å². The average Bonchev–Trinajstić information content (AvgIpc) is 3.89. The standard InChI is InChI=1S/C43H24N2S3/c1-3-16-36-30(12-1)32-20-18-28(23-38(32)46-36)45(29-19-21-33-31-13-2-4-17-37(31)47-39(33)24-29)27-11-5-10-26(22-27)43-44-41-34-14-6-8-25-9-7-15-35(40(25)34)42(41)48-43/h1-24H. The van der Waals surface area contributed by atoms with E-state index < -0.39 is 0 Å². The van der Waals surface area contributed by atoms with Crippen molar-refractivity contribution in [3.05, 3.63) is 146 Å². The van der Waals surface area contributed by atoms with Crippen molar-refractivity contribution in [1.82, 2.24) is 4.98 Å². The van der Waals surface area contributed by atoms with E-state index in [1.807, 2.05) is 22.7 Å². The number of benzene rings is 7. The van der Waals surface area contributed by atoms with Crippen molar-refractivity contribution in [3.63, 3.8) is 0 Å². The van der Waals surface area contributed by atoms with Gasteiger partial charge in [0.25, 0.3) is 0 Å². The molecular formula is C43H24N2S3. The Labute approximate surface area is 288 Å². The molecule has 0 amide bonds. The Morgan fingerprint density at radius 3 is 1.71 bits per heavy atom. The number of thiophene rings is 2. The zero-order valence-corrected chi connectivity index (χ0v) is 27.9. The minimum atomic E-state index is 1.05. The number of anilines is 3. The van der Waals surface area contributed by atoms with E-state index in [1.54, 1.807) is 11.3 Å². The summed E-state index contributed by atoms with van der Waals surface area (Å²) in [6, 6.07) is 53.4. The number of hydrogen-bond donors (Lipinski definition) is 0. The molecule has 1 aliphatic carbocycles. The molecule has 224 valence electrons. The molecule has 7 aromatic carbocycles. The molecule has 5 heteroatoms. The van der Waals surface area contributed by atoms with Gasteiger partial charge in [0.15, 0.2) is 0 Å². The second-order valence-electron chi connectivity index (χ2n) is 12.3. The van der Waals surface area contributed by atoms with E-state index in [-0.39, 0.29) is 0 Å². The van der Waals surface area contributed by atoms with E-state index in [0.29, 0.717) is 0 Å². The quantitative estimate of drug-likeness (QED) is 0.186. The van der Waals surface area contributed by atoms with E-state index in [9.17, 15) is 0 Å². The average molecular weight is 665 g/mol. The third-order valence-corrected chi connectivity index (χ3v) is 13.0. The van der Waals surface area contributed by atoms with Crippen LogP contribution in [0.2, 0.25) is 0 Å². The molecule has 0 fully saturated rings. The largest absolute Gasteiger partial charge is 0.310 e. The van der Waals surface area contributed by atoms with Crippen molar-refractivity contribution >= 4 is 102 Å². The Morgan fingerprint density at radius 2 is 1.02 bits per heavy atom. The van der Waals surface area contributed by atoms with Gasteiger partial charge in [-0.2, -0.15) is 0 Å². The monoisotopic (exact) mass is 664 g/mol. The Morgan fingerprint density at radius 1 is 0.438 bits per heavy atom. The lowest BCUT2D eigenvalue weighted by Crippen LogP contribution is -2.09. The van der Waals surface area contributed by atoms with Crippen LogP contribution in [0.25, 0.3) is 83.4 Å². The van der Waals surface area contributed by atoms with Crippen LogP contribution in [0.4, 0.5) is 17.1 Å². The van der Waals surface area contributed by atoms with Gasteiger partial charge in [0.05, 0.1) is 10.6 Å². The lowest BCUT2D eigenvalue weighted by Gasteiger charge is -2.26. The summed E-state index contributed by atoms with van der Waals surface area (Å²) in [4.78, 5) is 8.96. The van der Waals surface area contributed by atoms with Gasteiger partial charge >= 0.3 is 0 Å². The molecule has 3 aromatic heterocycles. The summed E-state index contributed by atoms with van der Waals surface area (Å²) in [6.45, 7) is 0. The van der Waals surface area contributed by atoms with Gasteiger partial charge in [0.2, 0.25) is 0 Å². The molecule has 0 radical (unpaired) electrons. The van der Waals surface area contributed by atoms with Crippen molar-refractivity contribution in [3.8, 4) is 32.3 Å². The fourth-order valence-electron chi connectivity index (χ4n) is 7.47. The molecule has 3 heterocycles. The molecule has 0 unspecified atom stereocenters. The molecule has 0 saturated heterocycles. The molecular weight excluding hydrogens is 641 g/mol. The van der Waals surface area contributed by atoms with Gasteiger partial charge in [-0.15, -0.1) is 34.0 Å². The van der Waals surface area contributed by atoms with Crippen molar-refractivity contribution < 1.29 is 0 Å². The first-order valence-electron chi connectivity index (χ1n) is 16.0. The van der Waals surface area contributed by atoms with Crippen LogP contribution < -0.4 is 4.90 Å². The molecule has 0 bridgehead atoms. The lowest BCUT2D eigenvalue weighted by atomic mass is 10.0. The highest BCUT2D eigenvalue weighted by molar-refractivity contribution is 7.26. The van der Waals surface area contributed by atoms with Gasteiger partial charge in [-0.25, -0.2) is 4.98 Å². The third-order valence-electron chi connectivity index (χ3n) is 9.62. The highest BCUT2D eigenvalue weighted by Crippen LogP contribution is 2.51. The first-order valence-corrected chi connectivity index (χ1v) is 18.5. The first kappa shape index (κ1) is 26.7. The predicted molar refractivity (Wildman–Crippen MR) is 210 cm³/mol. The molecule has 0 atom stereocenters. The minimum absolute atomic E-state index is 1.05. The molecule has 0 N–H and O–H groups in total. The Balaban J connectivity index is 1.09. The Bertz CT molecular complexity index is 2760. The normalized spacial score (nSPS) is 12.2. The van der Waals surface area contributed by atoms with Crippen LogP contribution in [0.1, 0.15) is 0 Å². The highest BCUT2D eigenvalue weighted by Gasteiger charge is 2.26. The van der Waals surface area contributed by atoms with Crippen molar-refractivity contribution in [1.29, 1.82) is 0 Å². The van der Waals surface area contributed by atoms with Crippen molar-refractivity contribution in [2.75, 3.05) is 4.90 Å². The number of nitrogens with zero attached hydrogens (tertiary/aromatic N) is 2. The van der Waals surface area contributed by atoms with E-state index >= 15 is 0 Å². The minimum Gasteiger partial charge on any atom is -0.310 e. The molecule has 0 aliphatic heterocycles. The number of rotatable bonds is 4. The fourth-order valence-corrected chi connectivity index (χ4v) is 10.9. The van der Waals surface area contributed by atoms with E-state index in [2.05, 4.69) is 150 Å². The molecule has 11 rings (SSSR count). The summed E-state index contributed by atoms with van der Waals surface area (Å²) in [5, 5.41) is 8.90. The zero-order valence-electron chi connectivity index (χ0n) is 25.5. The van der Waals surface area contributed by atoms with Gasteiger partial charge in [0.1, 0.15) is 5.01 Å². The number of aromatic nitrogens is 1. The van der Waals surface area contributed by atoms with Gasteiger partial charge < -0.3 is 4.90 Å². The van der Waals surface area contributed by atoms with Crippen LogP contribution >= 0.6 is 34.0 Å². The van der Waals surface area contributed by atoms with Crippen LogP contribution in [0.15, 0.2) is 146 Å². The predicted octanol–water partition coefficient (Wildman–Crippen LogP) is 13.8. The molecule has 48 heavy (non-hydrogen) atoms. The summed E-state index contributed by atoms with van der Waals surface area (Å²) in [5.74, 6) is 0. The summed E-state index contributed by atoms with van der Waals surface area (Å²) in [7, 11) is 0. The maximum Gasteiger partial charge on any atom is 0.124 e. The molecule has 2 nitrogen and oxygen atoms in total. The smallest absolute Gasteiger partial charge is 0.124 e. The van der Waals surface area contributed by atoms with Crippen molar-refractivity contribution in [2.24, 2.45) is 0 Å². The zero-order chi connectivity index (χ0) is 31.3. The number of hydrogen-bond acceptors (Lipinski definition) is 5. The molecule has 0 saturated carbocycles. The SMILES string of the molecule is c1cc(-c2nc3c(s2)-c2cccc4cccc-3c24)cc(N(c2ccc3c(c2)sc2ccccc23)c2ccc3c(c2)sc2ccccc23)c1. The summed E-state index contributed by atoms with van der Waals surface area (Å²) in [6.07, 6.45) is 0. The fraction of sp³-hybridized carbons (Fsp3) is 0. The van der Waals surface area contributed by atoms with Gasteiger partial charge in [-0.05, 0) is 59.3 Å². The van der Waals surface area contributed by atoms with Crippen LogP contribution in [-0.2, 0) is 0 Å². The van der Waals surface area contributed by atoms with Gasteiger partial charge in [0, 0.05) is 74.1 Å². The lowest BCUT2D eigenvalue weighted by molar-refractivity contribution is 1.29. The van der Waals surface area contributed by atoms with E-state index in [4.69, 9.17) is 4.98 Å². The molecule has 10 aromatic rings. The maximum absolute atomic E-state index is 5.28.